The second kappa shape index (κ2) is 6.64. The molecule has 2 heterocycles. The first kappa shape index (κ1) is 18.0. The van der Waals surface area contributed by atoms with Crippen LogP contribution in [0.1, 0.15) is 24.4 Å². The van der Waals surface area contributed by atoms with Crippen molar-refractivity contribution in [2.75, 3.05) is 11.4 Å². The summed E-state index contributed by atoms with van der Waals surface area (Å²) >= 11 is 6.10. The fraction of sp³-hybridized carbons (Fsp3) is 0.316. The summed E-state index contributed by atoms with van der Waals surface area (Å²) in [5.41, 5.74) is 1.48. The molecule has 1 saturated heterocycles. The van der Waals surface area contributed by atoms with E-state index < -0.39 is 24.2 Å². The number of ether oxygens (including phenoxy) is 1. The molecule has 0 spiro atoms. The van der Waals surface area contributed by atoms with Crippen LogP contribution >= 0.6 is 11.6 Å². The van der Waals surface area contributed by atoms with Gasteiger partial charge in [0, 0.05) is 23.2 Å². The molecule has 2 aromatic carbocycles. The molecule has 1 amide bonds. The van der Waals surface area contributed by atoms with Crippen LogP contribution in [0.3, 0.4) is 0 Å². The van der Waals surface area contributed by atoms with Crippen molar-refractivity contribution in [3.05, 3.63) is 53.1 Å². The lowest BCUT2D eigenvalue weighted by Crippen LogP contribution is -2.52. The number of rotatable bonds is 1. The van der Waals surface area contributed by atoms with Crippen LogP contribution in [0.15, 0.2) is 42.5 Å². The molecule has 4 rings (SSSR count). The molecule has 0 radical (unpaired) electrons. The molecule has 0 bridgehead atoms. The van der Waals surface area contributed by atoms with E-state index in [4.69, 9.17) is 16.3 Å². The van der Waals surface area contributed by atoms with E-state index in [9.17, 15) is 18.0 Å². The van der Waals surface area contributed by atoms with Gasteiger partial charge in [-0.3, -0.25) is 4.79 Å². The van der Waals surface area contributed by atoms with Gasteiger partial charge in [-0.05, 0) is 31.0 Å². The molecule has 4 nitrogen and oxygen atoms in total. The molecular weight excluding hydrogens is 381 g/mol. The van der Waals surface area contributed by atoms with Gasteiger partial charge in [0.2, 0.25) is 0 Å². The number of hydrogen-bond acceptors (Lipinski definition) is 3. The first-order valence-corrected chi connectivity index (χ1v) is 8.93. The molecule has 142 valence electrons. The number of nitrogens with one attached hydrogen (secondary N) is 1. The van der Waals surface area contributed by atoms with Crippen molar-refractivity contribution in [1.29, 1.82) is 0 Å². The summed E-state index contributed by atoms with van der Waals surface area (Å²) in [6, 6.07) is 11.2. The van der Waals surface area contributed by atoms with E-state index in [1.54, 1.807) is 36.4 Å². The summed E-state index contributed by atoms with van der Waals surface area (Å²) < 4.78 is 44.5. The lowest BCUT2D eigenvalue weighted by Gasteiger charge is -2.42. The Labute approximate surface area is 158 Å². The van der Waals surface area contributed by atoms with Crippen LogP contribution in [-0.4, -0.2) is 24.7 Å². The number of para-hydroxylation sites is 1. The Bertz CT molecular complexity index is 887. The zero-order chi connectivity index (χ0) is 19.2. The molecule has 2 aliphatic rings. The lowest BCUT2D eigenvalue weighted by atomic mass is 9.89. The Morgan fingerprint density at radius 3 is 2.74 bits per heavy atom. The third-order valence-corrected chi connectivity index (χ3v) is 5.13. The van der Waals surface area contributed by atoms with Gasteiger partial charge >= 0.3 is 12.1 Å². The first-order valence-electron chi connectivity index (χ1n) is 8.55. The van der Waals surface area contributed by atoms with Gasteiger partial charge in [-0.2, -0.15) is 13.2 Å². The molecule has 0 aromatic heterocycles. The number of hydrogen-bond donors (Lipinski definition) is 1. The molecule has 27 heavy (non-hydrogen) atoms. The van der Waals surface area contributed by atoms with E-state index in [1.807, 2.05) is 11.0 Å². The standard InChI is InChI=1S/C19H16ClF3N2O2/c20-11-7-8-14-16(10-11)27-15-6-2-1-4-12(15)17-13(5-3-9-25(14)17)24-18(26)19(21,22)23/h1-2,4,6-8,10,13,17H,3,5,9H2,(H,24,26)/t13-,17-/m1/s1. The van der Waals surface area contributed by atoms with E-state index in [-0.39, 0.29) is 0 Å². The molecule has 0 aliphatic carbocycles. The number of anilines is 1. The zero-order valence-electron chi connectivity index (χ0n) is 14.1. The van der Waals surface area contributed by atoms with Crippen LogP contribution in [0.5, 0.6) is 11.5 Å². The number of halogens is 4. The fourth-order valence-electron chi connectivity index (χ4n) is 3.80. The second-order valence-electron chi connectivity index (χ2n) is 6.61. The largest absolute Gasteiger partial charge is 0.471 e. The van der Waals surface area contributed by atoms with Gasteiger partial charge in [0.05, 0.1) is 17.8 Å². The molecule has 2 atom stereocenters. The predicted molar refractivity (Wildman–Crippen MR) is 95.3 cm³/mol. The summed E-state index contributed by atoms with van der Waals surface area (Å²) in [5, 5.41) is 2.69. The Morgan fingerprint density at radius 1 is 1.19 bits per heavy atom. The van der Waals surface area contributed by atoms with Crippen molar-refractivity contribution in [3.8, 4) is 11.5 Å². The van der Waals surface area contributed by atoms with Gasteiger partial charge in [0.15, 0.2) is 5.75 Å². The molecule has 1 N–H and O–H groups in total. The van der Waals surface area contributed by atoms with E-state index in [0.29, 0.717) is 35.9 Å². The molecule has 0 saturated carbocycles. The van der Waals surface area contributed by atoms with Crippen molar-refractivity contribution < 1.29 is 22.7 Å². The maximum atomic E-state index is 12.8. The molecule has 0 unspecified atom stereocenters. The fourth-order valence-corrected chi connectivity index (χ4v) is 3.96. The highest BCUT2D eigenvalue weighted by Crippen LogP contribution is 2.48. The molecular formula is C19H16ClF3N2O2. The minimum atomic E-state index is -4.92. The quantitative estimate of drug-likeness (QED) is 0.750. The van der Waals surface area contributed by atoms with Crippen molar-refractivity contribution in [1.82, 2.24) is 5.32 Å². The van der Waals surface area contributed by atoms with Gasteiger partial charge < -0.3 is 15.0 Å². The minimum absolute atomic E-state index is 0.445. The number of fused-ring (bicyclic) bond motifs is 5. The number of nitrogens with zero attached hydrogens (tertiary/aromatic N) is 1. The number of piperidine rings is 1. The second-order valence-corrected chi connectivity index (χ2v) is 7.05. The van der Waals surface area contributed by atoms with Crippen LogP contribution in [0, 0.1) is 0 Å². The van der Waals surface area contributed by atoms with Crippen molar-refractivity contribution in [2.24, 2.45) is 0 Å². The van der Waals surface area contributed by atoms with Gasteiger partial charge in [-0.15, -0.1) is 0 Å². The summed E-state index contributed by atoms with van der Waals surface area (Å²) in [6.07, 6.45) is -3.84. The van der Waals surface area contributed by atoms with Gasteiger partial charge in [-0.25, -0.2) is 0 Å². The monoisotopic (exact) mass is 396 g/mol. The molecule has 8 heteroatoms. The third-order valence-electron chi connectivity index (χ3n) is 4.89. The highest BCUT2D eigenvalue weighted by Gasteiger charge is 2.44. The topological polar surface area (TPSA) is 41.6 Å². The summed E-state index contributed by atoms with van der Waals surface area (Å²) in [6.45, 7) is 0.634. The number of benzene rings is 2. The smallest absolute Gasteiger partial charge is 0.455 e. The normalized spacial score (nSPS) is 21.3. The van der Waals surface area contributed by atoms with Gasteiger partial charge in [-0.1, -0.05) is 29.8 Å². The van der Waals surface area contributed by atoms with Gasteiger partial charge in [0.1, 0.15) is 5.75 Å². The number of amides is 1. The highest BCUT2D eigenvalue weighted by molar-refractivity contribution is 6.30. The lowest BCUT2D eigenvalue weighted by molar-refractivity contribution is -0.174. The van der Waals surface area contributed by atoms with Crippen LogP contribution < -0.4 is 15.0 Å². The van der Waals surface area contributed by atoms with Crippen molar-refractivity contribution >= 4 is 23.2 Å². The Kier molecular flexibility index (Phi) is 4.42. The van der Waals surface area contributed by atoms with Crippen LogP contribution in [-0.2, 0) is 4.79 Å². The highest BCUT2D eigenvalue weighted by atomic mass is 35.5. The summed E-state index contributed by atoms with van der Waals surface area (Å²) in [5.74, 6) is -0.838. The Balaban J connectivity index is 1.80. The van der Waals surface area contributed by atoms with Crippen LogP contribution in [0.4, 0.5) is 18.9 Å². The van der Waals surface area contributed by atoms with Crippen molar-refractivity contribution in [3.63, 3.8) is 0 Å². The van der Waals surface area contributed by atoms with E-state index in [1.165, 1.54) is 0 Å². The van der Waals surface area contributed by atoms with E-state index >= 15 is 0 Å². The SMILES string of the molecule is O=C(N[C@@H]1CCCN2c3ccc(Cl)cc3Oc3ccccc3[C@H]12)C(F)(F)F. The molecule has 1 fully saturated rings. The van der Waals surface area contributed by atoms with Gasteiger partial charge in [0.25, 0.3) is 0 Å². The average molecular weight is 397 g/mol. The van der Waals surface area contributed by atoms with E-state index in [0.717, 1.165) is 11.3 Å². The maximum absolute atomic E-state index is 12.8. The number of alkyl halides is 3. The van der Waals surface area contributed by atoms with Crippen molar-refractivity contribution in [2.45, 2.75) is 31.1 Å². The Morgan fingerprint density at radius 2 is 1.96 bits per heavy atom. The molecule has 2 aliphatic heterocycles. The zero-order valence-corrected chi connectivity index (χ0v) is 14.8. The first-order chi connectivity index (χ1) is 12.8. The summed E-state index contributed by atoms with van der Waals surface area (Å²) in [4.78, 5) is 13.6. The number of carbonyl (C=O) groups is 1. The third kappa shape index (κ3) is 3.32. The number of carbonyl (C=O) groups excluding carboxylic acids is 1. The van der Waals surface area contributed by atoms with Crippen LogP contribution in [0.2, 0.25) is 5.02 Å². The minimum Gasteiger partial charge on any atom is -0.455 e. The van der Waals surface area contributed by atoms with Crippen LogP contribution in [0.25, 0.3) is 0 Å². The maximum Gasteiger partial charge on any atom is 0.471 e. The predicted octanol–water partition coefficient (Wildman–Crippen LogP) is 4.83. The summed E-state index contributed by atoms with van der Waals surface area (Å²) in [7, 11) is 0. The average Bonchev–Trinajstić information content (AvgIpc) is 2.75. The Hall–Kier alpha value is -2.41. The van der Waals surface area contributed by atoms with E-state index in [2.05, 4.69) is 5.32 Å². The molecule has 2 aromatic rings.